The number of rotatable bonds is 11. The smallest absolute Gasteiger partial charge is 0.457 e. The van der Waals surface area contributed by atoms with Crippen molar-refractivity contribution in [2.45, 2.75) is 110 Å². The van der Waals surface area contributed by atoms with Crippen molar-refractivity contribution in [3.8, 4) is 0 Å². The molecule has 39 heavy (non-hydrogen) atoms. The van der Waals surface area contributed by atoms with Crippen LogP contribution in [-0.2, 0) is 18.8 Å². The molecule has 1 saturated heterocycles. The van der Waals surface area contributed by atoms with Gasteiger partial charge in [0.1, 0.15) is 5.60 Å². The lowest BCUT2D eigenvalue weighted by Gasteiger charge is -2.32. The maximum Gasteiger partial charge on any atom is 0.457 e. The molecular formula is C33H46BNO4. The van der Waals surface area contributed by atoms with Crippen molar-refractivity contribution in [1.29, 1.82) is 0 Å². The van der Waals surface area contributed by atoms with E-state index in [1.54, 1.807) is 0 Å². The summed E-state index contributed by atoms with van der Waals surface area (Å²) in [6.07, 6.45) is 7.39. The molecule has 2 aromatic rings. The number of esters is 1. The largest absolute Gasteiger partial charge is 0.458 e. The van der Waals surface area contributed by atoms with E-state index >= 15 is 0 Å². The van der Waals surface area contributed by atoms with Crippen LogP contribution in [0.2, 0.25) is 6.32 Å². The molecule has 3 rings (SSSR count). The molecule has 0 amide bonds. The highest BCUT2D eigenvalue weighted by Crippen LogP contribution is 2.38. The van der Waals surface area contributed by atoms with E-state index in [0.717, 1.165) is 36.0 Å². The number of ether oxygens (including phenoxy) is 1. The third-order valence-corrected chi connectivity index (χ3v) is 7.47. The van der Waals surface area contributed by atoms with Crippen molar-refractivity contribution in [3.05, 3.63) is 83.9 Å². The Labute approximate surface area is 236 Å². The van der Waals surface area contributed by atoms with Gasteiger partial charge in [-0.05, 0) is 68.1 Å². The average molecular weight is 532 g/mol. The zero-order valence-electron chi connectivity index (χ0n) is 25.1. The third kappa shape index (κ3) is 8.15. The monoisotopic (exact) mass is 531 g/mol. The van der Waals surface area contributed by atoms with E-state index in [2.05, 4.69) is 27.7 Å². The first kappa shape index (κ1) is 30.8. The van der Waals surface area contributed by atoms with Crippen LogP contribution >= 0.6 is 0 Å². The number of allylic oxidation sites excluding steroid dienone is 1. The maximum atomic E-state index is 14.0. The van der Waals surface area contributed by atoms with Gasteiger partial charge < -0.3 is 14.0 Å². The van der Waals surface area contributed by atoms with Gasteiger partial charge in [-0.3, -0.25) is 4.99 Å². The number of nitrogens with zero attached hydrogens (tertiary/aromatic N) is 1. The van der Waals surface area contributed by atoms with Gasteiger partial charge in [-0.25, -0.2) is 4.79 Å². The van der Waals surface area contributed by atoms with Crippen LogP contribution in [0, 0.1) is 0 Å². The Hall–Kier alpha value is -2.70. The first-order valence-electron chi connectivity index (χ1n) is 14.2. The van der Waals surface area contributed by atoms with Gasteiger partial charge >= 0.3 is 13.1 Å². The molecule has 0 aromatic heterocycles. The van der Waals surface area contributed by atoms with E-state index in [1.165, 1.54) is 0 Å². The Bertz CT molecular complexity index is 1080. The normalized spacial score (nSPS) is 18.1. The summed E-state index contributed by atoms with van der Waals surface area (Å²) in [5.41, 5.74) is 0.316. The quantitative estimate of drug-likeness (QED) is 0.0975. The van der Waals surface area contributed by atoms with E-state index in [4.69, 9.17) is 19.0 Å². The lowest BCUT2D eigenvalue weighted by Crippen LogP contribution is -2.43. The van der Waals surface area contributed by atoms with Crippen LogP contribution in [0.25, 0.3) is 0 Å². The van der Waals surface area contributed by atoms with Gasteiger partial charge in [0.2, 0.25) is 0 Å². The molecule has 0 N–H and O–H groups in total. The summed E-state index contributed by atoms with van der Waals surface area (Å²) in [4.78, 5) is 19.3. The Morgan fingerprint density at radius 2 is 1.41 bits per heavy atom. The summed E-state index contributed by atoms with van der Waals surface area (Å²) in [6, 6.07) is 20.1. The summed E-state index contributed by atoms with van der Waals surface area (Å²) in [7, 11) is -0.255. The molecule has 2 aromatic carbocycles. The van der Waals surface area contributed by atoms with Crippen molar-refractivity contribution in [2.24, 2.45) is 4.99 Å². The summed E-state index contributed by atoms with van der Waals surface area (Å²) in [5.74, 6) is -0.298. The van der Waals surface area contributed by atoms with Gasteiger partial charge in [-0.15, -0.1) is 0 Å². The van der Waals surface area contributed by atoms with Crippen LogP contribution in [0.4, 0.5) is 0 Å². The second-order valence-corrected chi connectivity index (χ2v) is 12.4. The Kier molecular flexibility index (Phi) is 10.0. The SMILES string of the molecule is CC=CCC(CCCCB1OC(C)(C)C(C)(C)O1)(N=C(c1ccccc1)c1ccccc1)C(=O)OC(C)(C)C. The highest BCUT2D eigenvalue weighted by atomic mass is 16.7. The third-order valence-electron chi connectivity index (χ3n) is 7.47. The standard InChI is InChI=1S/C33H46BNO4/c1-9-10-23-33(29(36)37-30(2,3)4,24-17-18-25-34-38-31(5,6)32(7,8)39-34)35-28(26-19-13-11-14-20-26)27-21-15-12-16-22-27/h9-16,19-22H,17-18,23-25H2,1-8H3. The zero-order valence-corrected chi connectivity index (χ0v) is 25.1. The van der Waals surface area contributed by atoms with Crippen LogP contribution in [0.3, 0.4) is 0 Å². The molecule has 0 bridgehead atoms. The minimum absolute atomic E-state index is 0.255. The number of carbonyl (C=O) groups excluding carboxylic acids is 1. The first-order chi connectivity index (χ1) is 18.3. The second-order valence-electron chi connectivity index (χ2n) is 12.4. The fourth-order valence-electron chi connectivity index (χ4n) is 4.63. The fourth-order valence-corrected chi connectivity index (χ4v) is 4.63. The molecule has 0 saturated carbocycles. The molecule has 1 unspecified atom stereocenters. The Balaban J connectivity index is 1.97. The molecular weight excluding hydrogens is 485 g/mol. The zero-order chi connectivity index (χ0) is 28.7. The predicted octanol–water partition coefficient (Wildman–Crippen LogP) is 7.83. The lowest BCUT2D eigenvalue weighted by molar-refractivity contribution is -0.161. The van der Waals surface area contributed by atoms with Gasteiger partial charge in [0.15, 0.2) is 5.54 Å². The van der Waals surface area contributed by atoms with Crippen molar-refractivity contribution in [2.75, 3.05) is 0 Å². The minimum atomic E-state index is -1.07. The van der Waals surface area contributed by atoms with E-state index < -0.39 is 11.1 Å². The van der Waals surface area contributed by atoms with Crippen molar-refractivity contribution < 1.29 is 18.8 Å². The number of aliphatic imine (C=N–C) groups is 1. The minimum Gasteiger partial charge on any atom is -0.458 e. The number of carbonyl (C=O) groups is 1. The van der Waals surface area contributed by atoms with Crippen LogP contribution in [0.1, 0.15) is 92.2 Å². The molecule has 1 aliphatic rings. The molecule has 210 valence electrons. The van der Waals surface area contributed by atoms with Gasteiger partial charge in [0.25, 0.3) is 0 Å². The van der Waals surface area contributed by atoms with Crippen molar-refractivity contribution in [3.63, 3.8) is 0 Å². The van der Waals surface area contributed by atoms with Crippen LogP contribution in [-0.4, -0.2) is 41.1 Å². The molecule has 1 fully saturated rings. The summed E-state index contributed by atoms with van der Waals surface area (Å²) in [6.45, 7) is 16.0. The topological polar surface area (TPSA) is 57.1 Å². The molecule has 6 heteroatoms. The summed E-state index contributed by atoms with van der Waals surface area (Å²) < 4.78 is 18.4. The Morgan fingerprint density at radius 3 is 1.87 bits per heavy atom. The summed E-state index contributed by atoms with van der Waals surface area (Å²) in [5, 5.41) is 0. The first-order valence-corrected chi connectivity index (χ1v) is 14.2. The number of hydrogen-bond donors (Lipinski definition) is 0. The maximum absolute atomic E-state index is 14.0. The molecule has 0 radical (unpaired) electrons. The molecule has 0 aliphatic carbocycles. The molecule has 0 spiro atoms. The Morgan fingerprint density at radius 1 is 0.897 bits per heavy atom. The average Bonchev–Trinajstić information content (AvgIpc) is 3.08. The molecule has 1 atom stereocenters. The second kappa shape index (κ2) is 12.7. The number of hydrogen-bond acceptors (Lipinski definition) is 5. The van der Waals surface area contributed by atoms with Gasteiger partial charge in [-0.2, -0.15) is 0 Å². The molecule has 5 nitrogen and oxygen atoms in total. The predicted molar refractivity (Wildman–Crippen MR) is 161 cm³/mol. The highest BCUT2D eigenvalue weighted by molar-refractivity contribution is 6.45. The van der Waals surface area contributed by atoms with E-state index in [9.17, 15) is 4.79 Å². The lowest BCUT2D eigenvalue weighted by atomic mass is 9.80. The van der Waals surface area contributed by atoms with Crippen molar-refractivity contribution >= 4 is 18.8 Å². The number of benzene rings is 2. The van der Waals surface area contributed by atoms with E-state index in [1.807, 2.05) is 101 Å². The molecule has 1 aliphatic heterocycles. The van der Waals surface area contributed by atoms with Gasteiger partial charge in [0.05, 0.1) is 16.9 Å². The van der Waals surface area contributed by atoms with Crippen LogP contribution in [0.5, 0.6) is 0 Å². The van der Waals surface area contributed by atoms with Crippen LogP contribution in [0.15, 0.2) is 77.8 Å². The fraction of sp³-hybridized carbons (Fsp3) is 0.515. The van der Waals surface area contributed by atoms with E-state index in [-0.39, 0.29) is 24.3 Å². The summed E-state index contributed by atoms with van der Waals surface area (Å²) >= 11 is 0. The van der Waals surface area contributed by atoms with Gasteiger partial charge in [0, 0.05) is 17.5 Å². The van der Waals surface area contributed by atoms with Gasteiger partial charge in [-0.1, -0.05) is 85.7 Å². The van der Waals surface area contributed by atoms with E-state index in [0.29, 0.717) is 12.8 Å². The number of unbranched alkanes of at least 4 members (excludes halogenated alkanes) is 1. The van der Waals surface area contributed by atoms with Crippen LogP contribution < -0.4 is 0 Å². The highest BCUT2D eigenvalue weighted by Gasteiger charge is 2.50. The molecule has 1 heterocycles. The van der Waals surface area contributed by atoms with Crippen molar-refractivity contribution in [1.82, 2.24) is 0 Å².